The number of hydrogen-bond donors (Lipinski definition) is 0. The van der Waals surface area contributed by atoms with Crippen LogP contribution in [0.5, 0.6) is 0 Å². The van der Waals surface area contributed by atoms with Crippen LogP contribution in [-0.2, 0) is 0 Å². The minimum absolute atomic E-state index is 0.829. The van der Waals surface area contributed by atoms with Gasteiger partial charge in [-0.25, -0.2) is 9.98 Å². The Morgan fingerprint density at radius 1 is 0.800 bits per heavy atom. The summed E-state index contributed by atoms with van der Waals surface area (Å²) >= 11 is 0. The van der Waals surface area contributed by atoms with Crippen LogP contribution in [0.2, 0.25) is 0 Å². The van der Waals surface area contributed by atoms with Crippen LogP contribution in [0, 0.1) is 0 Å². The third-order valence-electron chi connectivity index (χ3n) is 1.89. The molecule has 0 radical (unpaired) electrons. The molecule has 0 atom stereocenters. The highest BCUT2D eigenvalue weighted by molar-refractivity contribution is 5.40. The molecule has 4 heteroatoms. The second-order valence-corrected chi connectivity index (χ2v) is 4.18. The molecule has 0 saturated carbocycles. The summed E-state index contributed by atoms with van der Waals surface area (Å²) < 4.78 is 0. The minimum atomic E-state index is 0.829. The van der Waals surface area contributed by atoms with Crippen LogP contribution < -0.4 is 0 Å². The Hall–Kier alpha value is -0.700. The van der Waals surface area contributed by atoms with E-state index in [0.29, 0.717) is 0 Å². The van der Waals surface area contributed by atoms with Crippen molar-refractivity contribution in [2.75, 3.05) is 54.4 Å². The van der Waals surface area contributed by atoms with Crippen molar-refractivity contribution in [1.29, 1.82) is 0 Å². The van der Waals surface area contributed by atoms with Crippen molar-refractivity contribution >= 4 is 6.01 Å². The fourth-order valence-corrected chi connectivity index (χ4v) is 1.08. The van der Waals surface area contributed by atoms with E-state index in [-0.39, 0.29) is 0 Å². The molecule has 0 aliphatic rings. The Kier molecular flexibility index (Phi) is 9.38. The van der Waals surface area contributed by atoms with Gasteiger partial charge in [0, 0.05) is 0 Å². The molecule has 0 unspecified atom stereocenters. The maximum atomic E-state index is 4.10. The lowest BCUT2D eigenvalue weighted by atomic mass is 10.4. The van der Waals surface area contributed by atoms with E-state index in [1.54, 1.807) is 0 Å². The normalized spacial score (nSPS) is 10.5. The summed E-state index contributed by atoms with van der Waals surface area (Å²) in [4.78, 5) is 12.5. The van der Waals surface area contributed by atoms with Gasteiger partial charge in [-0.1, -0.05) is 0 Å². The van der Waals surface area contributed by atoms with E-state index < -0.39 is 0 Å². The van der Waals surface area contributed by atoms with Crippen LogP contribution in [0.4, 0.5) is 0 Å². The van der Waals surface area contributed by atoms with E-state index >= 15 is 0 Å². The second-order valence-electron chi connectivity index (χ2n) is 4.18. The summed E-state index contributed by atoms with van der Waals surface area (Å²) in [5.74, 6) is 0. The van der Waals surface area contributed by atoms with Crippen molar-refractivity contribution in [2.45, 2.75) is 12.8 Å². The first kappa shape index (κ1) is 14.3. The van der Waals surface area contributed by atoms with Gasteiger partial charge in [0.25, 0.3) is 0 Å². The number of nitrogens with zero attached hydrogens (tertiary/aromatic N) is 4. The predicted molar refractivity (Wildman–Crippen MR) is 65.9 cm³/mol. The maximum absolute atomic E-state index is 4.10. The van der Waals surface area contributed by atoms with Crippen LogP contribution in [0.1, 0.15) is 12.8 Å². The lowest BCUT2D eigenvalue weighted by Crippen LogP contribution is -2.13. The molecule has 0 aromatic heterocycles. The van der Waals surface area contributed by atoms with Crippen molar-refractivity contribution < 1.29 is 0 Å². The quantitative estimate of drug-likeness (QED) is 0.445. The highest BCUT2D eigenvalue weighted by Crippen LogP contribution is 1.84. The Bertz CT molecular complexity index is 175. The van der Waals surface area contributed by atoms with Crippen molar-refractivity contribution in [3.63, 3.8) is 0 Å². The molecular formula is C11H24N4. The third kappa shape index (κ3) is 13.3. The van der Waals surface area contributed by atoms with E-state index in [2.05, 4.69) is 54.0 Å². The largest absolute Gasteiger partial charge is 0.309 e. The molecule has 0 fully saturated rings. The van der Waals surface area contributed by atoms with Crippen molar-refractivity contribution in [3.8, 4) is 0 Å². The predicted octanol–water partition coefficient (Wildman–Crippen LogP) is 1.06. The van der Waals surface area contributed by atoms with E-state index in [1.165, 1.54) is 0 Å². The minimum Gasteiger partial charge on any atom is -0.309 e. The summed E-state index contributed by atoms with van der Waals surface area (Å²) in [5, 5.41) is 0. The topological polar surface area (TPSA) is 31.2 Å². The first-order chi connectivity index (χ1) is 7.13. The van der Waals surface area contributed by atoms with E-state index in [4.69, 9.17) is 0 Å². The van der Waals surface area contributed by atoms with Crippen molar-refractivity contribution in [2.24, 2.45) is 9.98 Å². The van der Waals surface area contributed by atoms with Crippen molar-refractivity contribution in [1.82, 2.24) is 9.80 Å². The molecule has 0 rings (SSSR count). The highest BCUT2D eigenvalue weighted by atomic mass is 15.1. The Labute approximate surface area is 93.7 Å². The lowest BCUT2D eigenvalue weighted by molar-refractivity contribution is 0.403. The molecular weight excluding hydrogens is 188 g/mol. The molecule has 0 aliphatic carbocycles. The Morgan fingerprint density at radius 2 is 1.20 bits per heavy atom. The van der Waals surface area contributed by atoms with Gasteiger partial charge in [-0.05, 0) is 54.1 Å². The molecule has 0 aliphatic heterocycles. The van der Waals surface area contributed by atoms with Gasteiger partial charge < -0.3 is 9.80 Å². The summed E-state index contributed by atoms with van der Waals surface area (Å²) in [7, 11) is 8.27. The Balaban J connectivity index is 3.31. The molecule has 4 nitrogen and oxygen atoms in total. The van der Waals surface area contributed by atoms with Crippen LogP contribution >= 0.6 is 0 Å². The molecule has 15 heavy (non-hydrogen) atoms. The first-order valence-corrected chi connectivity index (χ1v) is 5.50. The number of hydrogen-bond acceptors (Lipinski definition) is 4. The average Bonchev–Trinajstić information content (AvgIpc) is 2.14. The molecule has 0 N–H and O–H groups in total. The molecule has 0 aromatic carbocycles. The molecule has 0 bridgehead atoms. The van der Waals surface area contributed by atoms with Gasteiger partial charge in [0.2, 0.25) is 0 Å². The van der Waals surface area contributed by atoms with Crippen LogP contribution in [-0.4, -0.2) is 70.2 Å². The molecule has 0 spiro atoms. The highest BCUT2D eigenvalue weighted by Gasteiger charge is 1.88. The number of rotatable bonds is 8. The van der Waals surface area contributed by atoms with Gasteiger partial charge in [-0.15, -0.1) is 0 Å². The zero-order chi connectivity index (χ0) is 11.5. The van der Waals surface area contributed by atoms with Crippen LogP contribution in [0.3, 0.4) is 0 Å². The maximum Gasteiger partial charge on any atom is 0.0892 e. The molecule has 0 aromatic rings. The lowest BCUT2D eigenvalue weighted by Gasteiger charge is -2.06. The van der Waals surface area contributed by atoms with Crippen molar-refractivity contribution in [3.05, 3.63) is 0 Å². The van der Waals surface area contributed by atoms with Crippen LogP contribution in [0.15, 0.2) is 9.98 Å². The summed E-state index contributed by atoms with van der Waals surface area (Å²) in [5.41, 5.74) is 0. The van der Waals surface area contributed by atoms with E-state index in [9.17, 15) is 0 Å². The standard InChI is InChI=1S/C11H24N4/c1-14(2)9-5-7-12-11-13-8-6-10-15(3)4/h5-10H2,1-4H3. The Morgan fingerprint density at radius 3 is 1.53 bits per heavy atom. The van der Waals surface area contributed by atoms with Gasteiger partial charge in [0.05, 0.1) is 19.1 Å². The van der Waals surface area contributed by atoms with Gasteiger partial charge >= 0.3 is 0 Å². The van der Waals surface area contributed by atoms with Gasteiger partial charge in [0.15, 0.2) is 0 Å². The summed E-state index contributed by atoms with van der Waals surface area (Å²) in [6, 6.07) is 2.75. The second kappa shape index (κ2) is 9.84. The zero-order valence-corrected chi connectivity index (χ0v) is 10.5. The summed E-state index contributed by atoms with van der Waals surface area (Å²) in [6.45, 7) is 3.81. The van der Waals surface area contributed by atoms with Crippen LogP contribution in [0.25, 0.3) is 0 Å². The number of aliphatic imine (C=N–C) groups is 2. The fraction of sp³-hybridized carbons (Fsp3) is 0.909. The van der Waals surface area contributed by atoms with E-state index in [1.807, 2.05) is 0 Å². The average molecular weight is 212 g/mol. The van der Waals surface area contributed by atoms with Gasteiger partial charge in [0.1, 0.15) is 0 Å². The molecule has 88 valence electrons. The van der Waals surface area contributed by atoms with E-state index in [0.717, 1.165) is 39.0 Å². The smallest absolute Gasteiger partial charge is 0.0892 e. The first-order valence-electron chi connectivity index (χ1n) is 5.50. The molecule has 0 amide bonds. The zero-order valence-electron chi connectivity index (χ0n) is 10.5. The summed E-state index contributed by atoms with van der Waals surface area (Å²) in [6.07, 6.45) is 2.15. The SMILES string of the molecule is CN(C)CCCN=C=NCCCN(C)C. The third-order valence-corrected chi connectivity index (χ3v) is 1.89. The van der Waals surface area contributed by atoms with Gasteiger partial charge in [-0.2, -0.15) is 0 Å². The fourth-order valence-electron chi connectivity index (χ4n) is 1.08. The monoisotopic (exact) mass is 212 g/mol. The molecule has 0 saturated heterocycles. The molecule has 0 heterocycles. The van der Waals surface area contributed by atoms with Gasteiger partial charge in [-0.3, -0.25) is 0 Å².